The summed E-state index contributed by atoms with van der Waals surface area (Å²) in [7, 11) is 0. The molecule has 0 atom stereocenters. The summed E-state index contributed by atoms with van der Waals surface area (Å²) >= 11 is 0. The lowest BCUT2D eigenvalue weighted by atomic mass is 9.82. The van der Waals surface area contributed by atoms with Crippen LogP contribution in [-0.2, 0) is 5.54 Å². The second kappa shape index (κ2) is 4.45. The lowest BCUT2D eigenvalue weighted by molar-refractivity contribution is 0.220. The van der Waals surface area contributed by atoms with Crippen molar-refractivity contribution in [2.75, 3.05) is 0 Å². The average molecular weight is 245 g/mol. The van der Waals surface area contributed by atoms with Gasteiger partial charge in [-0.3, -0.25) is 0 Å². The van der Waals surface area contributed by atoms with Gasteiger partial charge in [-0.25, -0.2) is 9.97 Å². The molecule has 1 fully saturated rings. The van der Waals surface area contributed by atoms with Crippen LogP contribution in [0.15, 0.2) is 23.1 Å². The summed E-state index contributed by atoms with van der Waals surface area (Å²) in [5.41, 5.74) is 6.53. The summed E-state index contributed by atoms with van der Waals surface area (Å²) in [4.78, 5) is 12.3. The third-order valence-corrected chi connectivity index (χ3v) is 3.41. The molecule has 0 bridgehead atoms. The predicted octanol–water partition coefficient (Wildman–Crippen LogP) is 1.64. The molecule has 2 aromatic rings. The molecule has 2 heterocycles. The van der Waals surface area contributed by atoms with Crippen molar-refractivity contribution >= 4 is 0 Å². The molecule has 2 N–H and O–H groups in total. The molecule has 0 amide bonds. The summed E-state index contributed by atoms with van der Waals surface area (Å²) in [6.45, 7) is 0. The number of hydrogen-bond donors (Lipinski definition) is 1. The lowest BCUT2D eigenvalue weighted by Crippen LogP contribution is -2.38. The SMILES string of the molecule is NC1(c2nc(-c3ccncn3)no2)CCCCC1. The van der Waals surface area contributed by atoms with Crippen LogP contribution >= 0.6 is 0 Å². The first-order valence-corrected chi connectivity index (χ1v) is 6.17. The molecule has 94 valence electrons. The highest BCUT2D eigenvalue weighted by Gasteiger charge is 2.35. The standard InChI is InChI=1S/C12H15N5O/c13-12(5-2-1-3-6-12)11-16-10(17-18-11)9-4-7-14-8-15-9/h4,7-8H,1-3,5-6,13H2. The first-order chi connectivity index (χ1) is 8.78. The second-order valence-corrected chi connectivity index (χ2v) is 4.73. The molecule has 1 aliphatic rings. The molecule has 6 nitrogen and oxygen atoms in total. The van der Waals surface area contributed by atoms with Crippen LogP contribution in [0.2, 0.25) is 0 Å². The van der Waals surface area contributed by atoms with Gasteiger partial charge in [0.15, 0.2) is 0 Å². The fourth-order valence-corrected chi connectivity index (χ4v) is 2.35. The maximum atomic E-state index is 6.34. The minimum atomic E-state index is -0.462. The molecular formula is C12H15N5O. The van der Waals surface area contributed by atoms with Crippen LogP contribution in [0.3, 0.4) is 0 Å². The van der Waals surface area contributed by atoms with Crippen LogP contribution in [0.25, 0.3) is 11.5 Å². The van der Waals surface area contributed by atoms with E-state index in [9.17, 15) is 0 Å². The van der Waals surface area contributed by atoms with Gasteiger partial charge in [0.2, 0.25) is 11.7 Å². The van der Waals surface area contributed by atoms with E-state index in [0.29, 0.717) is 17.4 Å². The highest BCUT2D eigenvalue weighted by Crippen LogP contribution is 2.34. The van der Waals surface area contributed by atoms with Gasteiger partial charge in [0.05, 0.1) is 5.54 Å². The second-order valence-electron chi connectivity index (χ2n) is 4.73. The van der Waals surface area contributed by atoms with Crippen LogP contribution in [0.5, 0.6) is 0 Å². The monoisotopic (exact) mass is 245 g/mol. The van der Waals surface area contributed by atoms with Gasteiger partial charge in [0, 0.05) is 6.20 Å². The predicted molar refractivity (Wildman–Crippen MR) is 64.3 cm³/mol. The van der Waals surface area contributed by atoms with Gasteiger partial charge in [-0.1, -0.05) is 24.4 Å². The summed E-state index contributed by atoms with van der Waals surface area (Å²) in [5.74, 6) is 0.999. The van der Waals surface area contributed by atoms with E-state index in [0.717, 1.165) is 25.7 Å². The minimum absolute atomic E-state index is 0.462. The quantitative estimate of drug-likeness (QED) is 0.864. The maximum Gasteiger partial charge on any atom is 0.247 e. The third-order valence-electron chi connectivity index (χ3n) is 3.41. The van der Waals surface area contributed by atoms with E-state index in [2.05, 4.69) is 20.1 Å². The van der Waals surface area contributed by atoms with E-state index in [-0.39, 0.29) is 0 Å². The highest BCUT2D eigenvalue weighted by molar-refractivity contribution is 5.46. The lowest BCUT2D eigenvalue weighted by Gasteiger charge is -2.29. The van der Waals surface area contributed by atoms with Crippen LogP contribution in [0.4, 0.5) is 0 Å². The molecule has 0 radical (unpaired) electrons. The molecule has 1 aliphatic carbocycles. The van der Waals surface area contributed by atoms with Crippen molar-refractivity contribution in [3.8, 4) is 11.5 Å². The first-order valence-electron chi connectivity index (χ1n) is 6.17. The van der Waals surface area contributed by atoms with Crippen LogP contribution in [-0.4, -0.2) is 20.1 Å². The van der Waals surface area contributed by atoms with E-state index in [1.54, 1.807) is 12.3 Å². The van der Waals surface area contributed by atoms with Gasteiger partial charge in [-0.15, -0.1) is 0 Å². The molecule has 0 aromatic carbocycles. The number of nitrogens with zero attached hydrogens (tertiary/aromatic N) is 4. The zero-order chi connectivity index (χ0) is 12.4. The Morgan fingerprint density at radius 3 is 2.78 bits per heavy atom. The topological polar surface area (TPSA) is 90.7 Å². The van der Waals surface area contributed by atoms with E-state index in [1.165, 1.54) is 12.7 Å². The molecular weight excluding hydrogens is 230 g/mol. The Balaban J connectivity index is 1.89. The highest BCUT2D eigenvalue weighted by atomic mass is 16.5. The van der Waals surface area contributed by atoms with Crippen molar-refractivity contribution < 1.29 is 4.52 Å². The Hall–Kier alpha value is -1.82. The Morgan fingerprint density at radius 2 is 2.06 bits per heavy atom. The summed E-state index contributed by atoms with van der Waals surface area (Å²) in [6.07, 6.45) is 8.37. The van der Waals surface area contributed by atoms with Crippen LogP contribution in [0, 0.1) is 0 Å². The van der Waals surface area contributed by atoms with E-state index < -0.39 is 5.54 Å². The number of nitrogens with two attached hydrogens (primary N) is 1. The molecule has 6 heteroatoms. The summed E-state index contributed by atoms with van der Waals surface area (Å²) in [5, 5.41) is 3.95. The van der Waals surface area contributed by atoms with Crippen molar-refractivity contribution in [2.45, 2.75) is 37.6 Å². The molecule has 0 saturated heterocycles. The smallest absolute Gasteiger partial charge is 0.247 e. The first kappa shape index (κ1) is 11.3. The summed E-state index contributed by atoms with van der Waals surface area (Å²) < 4.78 is 5.32. The molecule has 0 spiro atoms. The van der Waals surface area contributed by atoms with Crippen molar-refractivity contribution in [3.63, 3.8) is 0 Å². The molecule has 3 rings (SSSR count). The maximum absolute atomic E-state index is 6.34. The van der Waals surface area contributed by atoms with Gasteiger partial charge < -0.3 is 10.3 Å². The number of hydrogen-bond acceptors (Lipinski definition) is 6. The zero-order valence-corrected chi connectivity index (χ0v) is 10.0. The van der Waals surface area contributed by atoms with Crippen molar-refractivity contribution in [3.05, 3.63) is 24.5 Å². The number of rotatable bonds is 2. The molecule has 18 heavy (non-hydrogen) atoms. The Bertz CT molecular complexity index is 518. The van der Waals surface area contributed by atoms with Gasteiger partial charge in [0.25, 0.3) is 0 Å². The van der Waals surface area contributed by atoms with Crippen molar-refractivity contribution in [2.24, 2.45) is 5.73 Å². The van der Waals surface area contributed by atoms with Gasteiger partial charge in [-0.05, 0) is 18.9 Å². The van der Waals surface area contributed by atoms with E-state index in [1.807, 2.05) is 0 Å². The molecule has 0 aliphatic heterocycles. The van der Waals surface area contributed by atoms with Crippen molar-refractivity contribution in [1.82, 2.24) is 20.1 Å². The number of aromatic nitrogens is 4. The normalized spacial score (nSPS) is 18.7. The molecule has 0 unspecified atom stereocenters. The minimum Gasteiger partial charge on any atom is -0.337 e. The largest absolute Gasteiger partial charge is 0.337 e. The average Bonchev–Trinajstić information content (AvgIpc) is 2.91. The Kier molecular flexibility index (Phi) is 2.79. The zero-order valence-electron chi connectivity index (χ0n) is 10.0. The summed E-state index contributed by atoms with van der Waals surface area (Å²) in [6, 6.07) is 1.75. The Labute approximate surface area is 105 Å². The third kappa shape index (κ3) is 1.99. The van der Waals surface area contributed by atoms with E-state index >= 15 is 0 Å². The molecule has 2 aromatic heterocycles. The van der Waals surface area contributed by atoms with Crippen molar-refractivity contribution in [1.29, 1.82) is 0 Å². The van der Waals surface area contributed by atoms with E-state index in [4.69, 9.17) is 10.3 Å². The van der Waals surface area contributed by atoms with Gasteiger partial charge in [-0.2, -0.15) is 4.98 Å². The fourth-order valence-electron chi connectivity index (χ4n) is 2.35. The van der Waals surface area contributed by atoms with Crippen LogP contribution in [0.1, 0.15) is 38.0 Å². The van der Waals surface area contributed by atoms with Crippen LogP contribution < -0.4 is 5.73 Å². The van der Waals surface area contributed by atoms with Gasteiger partial charge >= 0.3 is 0 Å². The van der Waals surface area contributed by atoms with Gasteiger partial charge in [0.1, 0.15) is 12.0 Å². The Morgan fingerprint density at radius 1 is 1.22 bits per heavy atom. The fraction of sp³-hybridized carbons (Fsp3) is 0.500. The molecule has 1 saturated carbocycles.